The molecule has 0 N–H and O–H groups in total. The van der Waals surface area contributed by atoms with Crippen LogP contribution in [0.5, 0.6) is 11.5 Å². The maximum absolute atomic E-state index is 14.0. The standard InChI is InChI=1S/C28H33FN2O3S/c1-4-31(35-5-2)24-11-9-23(10-12-24)30(19-21-7-6-8-22(29)17-21)25-13-14-27(32-3)28(18-25)34-26-15-16-33-20-26/h6-14,17-18,26H,4-5,15-16,19-20H2,1-3H3. The van der Waals surface area contributed by atoms with Gasteiger partial charge >= 0.3 is 0 Å². The molecule has 7 heteroatoms. The molecule has 0 radical (unpaired) electrons. The van der Waals surface area contributed by atoms with Crippen molar-refractivity contribution in [1.29, 1.82) is 0 Å². The van der Waals surface area contributed by atoms with Crippen LogP contribution in [-0.4, -0.2) is 38.7 Å². The van der Waals surface area contributed by atoms with Crippen LogP contribution in [0.3, 0.4) is 0 Å². The summed E-state index contributed by atoms with van der Waals surface area (Å²) in [5, 5.41) is 0. The lowest BCUT2D eigenvalue weighted by Crippen LogP contribution is -2.19. The van der Waals surface area contributed by atoms with Crippen LogP contribution < -0.4 is 18.7 Å². The van der Waals surface area contributed by atoms with Crippen molar-refractivity contribution in [3.05, 3.63) is 78.1 Å². The van der Waals surface area contributed by atoms with Crippen molar-refractivity contribution in [3.8, 4) is 11.5 Å². The van der Waals surface area contributed by atoms with E-state index < -0.39 is 0 Å². The normalized spacial score (nSPS) is 15.1. The highest BCUT2D eigenvalue weighted by atomic mass is 32.2. The molecule has 1 unspecified atom stereocenters. The fourth-order valence-electron chi connectivity index (χ4n) is 4.16. The molecule has 0 amide bonds. The Morgan fingerprint density at radius 2 is 1.74 bits per heavy atom. The molecule has 1 aliphatic heterocycles. The highest BCUT2D eigenvalue weighted by Gasteiger charge is 2.21. The van der Waals surface area contributed by atoms with Crippen LogP contribution in [0.2, 0.25) is 0 Å². The van der Waals surface area contributed by atoms with Crippen LogP contribution in [0.15, 0.2) is 66.7 Å². The summed E-state index contributed by atoms with van der Waals surface area (Å²) in [4.78, 5) is 2.17. The van der Waals surface area contributed by atoms with E-state index in [2.05, 4.69) is 47.3 Å². The Morgan fingerprint density at radius 3 is 2.40 bits per heavy atom. The molecule has 0 saturated carbocycles. The zero-order chi connectivity index (χ0) is 24.6. The molecule has 5 nitrogen and oxygen atoms in total. The second-order valence-corrected chi connectivity index (χ2v) is 9.56. The van der Waals surface area contributed by atoms with Gasteiger partial charge in [0.05, 0.1) is 20.3 Å². The summed E-state index contributed by atoms with van der Waals surface area (Å²) < 4.78 is 33.6. The van der Waals surface area contributed by atoms with Crippen molar-refractivity contribution in [2.45, 2.75) is 32.9 Å². The van der Waals surface area contributed by atoms with E-state index in [4.69, 9.17) is 14.2 Å². The van der Waals surface area contributed by atoms with Crippen molar-refractivity contribution in [1.82, 2.24) is 0 Å². The number of anilines is 3. The first kappa shape index (κ1) is 25.2. The predicted molar refractivity (Wildman–Crippen MR) is 143 cm³/mol. The highest BCUT2D eigenvalue weighted by molar-refractivity contribution is 8.00. The summed E-state index contributed by atoms with van der Waals surface area (Å²) in [5.41, 5.74) is 3.99. The second-order valence-electron chi connectivity index (χ2n) is 8.28. The van der Waals surface area contributed by atoms with E-state index >= 15 is 0 Å². The first-order valence-corrected chi connectivity index (χ1v) is 13.0. The summed E-state index contributed by atoms with van der Waals surface area (Å²) in [6.45, 7) is 7.03. The quantitative estimate of drug-likeness (QED) is 0.271. The van der Waals surface area contributed by atoms with Crippen molar-refractivity contribution in [2.24, 2.45) is 0 Å². The van der Waals surface area contributed by atoms with Gasteiger partial charge in [-0.25, -0.2) is 4.39 Å². The Hall–Kier alpha value is -2.90. The van der Waals surface area contributed by atoms with Crippen molar-refractivity contribution < 1.29 is 18.6 Å². The van der Waals surface area contributed by atoms with Crippen LogP contribution >= 0.6 is 11.9 Å². The lowest BCUT2D eigenvalue weighted by molar-refractivity contribution is 0.138. The van der Waals surface area contributed by atoms with Crippen LogP contribution in [0.25, 0.3) is 0 Å². The van der Waals surface area contributed by atoms with Gasteiger partial charge in [-0.3, -0.25) is 0 Å². The lowest BCUT2D eigenvalue weighted by atomic mass is 10.1. The lowest BCUT2D eigenvalue weighted by Gasteiger charge is -2.28. The minimum absolute atomic E-state index is 0.00574. The first-order chi connectivity index (χ1) is 17.1. The zero-order valence-electron chi connectivity index (χ0n) is 20.6. The second kappa shape index (κ2) is 12.2. The van der Waals surface area contributed by atoms with Gasteiger partial charge in [-0.2, -0.15) is 0 Å². The van der Waals surface area contributed by atoms with Gasteiger partial charge in [0.25, 0.3) is 0 Å². The van der Waals surface area contributed by atoms with Crippen LogP contribution in [-0.2, 0) is 11.3 Å². The minimum atomic E-state index is -0.243. The molecular weight excluding hydrogens is 463 g/mol. The predicted octanol–water partition coefficient (Wildman–Crippen LogP) is 6.83. The van der Waals surface area contributed by atoms with E-state index in [0.717, 1.165) is 41.3 Å². The maximum Gasteiger partial charge on any atom is 0.163 e. The van der Waals surface area contributed by atoms with Crippen molar-refractivity contribution in [3.63, 3.8) is 0 Å². The van der Waals surface area contributed by atoms with Crippen LogP contribution in [0, 0.1) is 5.82 Å². The Morgan fingerprint density at radius 1 is 0.971 bits per heavy atom. The summed E-state index contributed by atoms with van der Waals surface area (Å²) in [6, 6.07) is 21.2. The highest BCUT2D eigenvalue weighted by Crippen LogP contribution is 2.37. The van der Waals surface area contributed by atoms with E-state index in [-0.39, 0.29) is 11.9 Å². The summed E-state index contributed by atoms with van der Waals surface area (Å²) in [6.07, 6.45) is 0.858. The Kier molecular flexibility index (Phi) is 8.77. The largest absolute Gasteiger partial charge is 0.493 e. The average molecular weight is 497 g/mol. The van der Waals surface area contributed by atoms with Gasteiger partial charge in [-0.05, 0) is 61.0 Å². The fraction of sp³-hybridized carbons (Fsp3) is 0.357. The smallest absolute Gasteiger partial charge is 0.163 e. The van der Waals surface area contributed by atoms with Crippen molar-refractivity contribution in [2.75, 3.05) is 41.8 Å². The number of benzene rings is 3. The van der Waals surface area contributed by atoms with Gasteiger partial charge in [0.1, 0.15) is 11.9 Å². The SMILES string of the molecule is CCSN(CC)c1ccc(N(Cc2cccc(F)c2)c2ccc(OC)c(OC3CCOC3)c2)cc1. The molecular formula is C28H33FN2O3S. The summed E-state index contributed by atoms with van der Waals surface area (Å²) >= 11 is 1.80. The first-order valence-electron chi connectivity index (χ1n) is 12.1. The Balaban J connectivity index is 1.69. The number of hydrogen-bond donors (Lipinski definition) is 0. The maximum atomic E-state index is 14.0. The monoisotopic (exact) mass is 496 g/mol. The third kappa shape index (κ3) is 6.41. The summed E-state index contributed by atoms with van der Waals surface area (Å²) in [7, 11) is 1.64. The molecule has 0 bridgehead atoms. The third-order valence-electron chi connectivity index (χ3n) is 5.89. The number of hydrogen-bond acceptors (Lipinski definition) is 6. The average Bonchev–Trinajstić information content (AvgIpc) is 3.39. The number of halogens is 1. The molecule has 0 spiro atoms. The van der Waals surface area contributed by atoms with E-state index in [1.54, 1.807) is 31.2 Å². The molecule has 0 aliphatic carbocycles. The van der Waals surface area contributed by atoms with Gasteiger partial charge in [-0.15, -0.1) is 0 Å². The number of rotatable bonds is 11. The molecule has 3 aromatic rings. The molecule has 1 atom stereocenters. The zero-order valence-corrected chi connectivity index (χ0v) is 21.4. The Labute approximate surface area is 211 Å². The van der Waals surface area contributed by atoms with E-state index in [1.807, 2.05) is 24.3 Å². The number of nitrogens with zero attached hydrogens (tertiary/aromatic N) is 2. The number of ether oxygens (including phenoxy) is 3. The number of methoxy groups -OCH3 is 1. The Bertz CT molecular complexity index is 1090. The van der Waals surface area contributed by atoms with E-state index in [1.165, 1.54) is 6.07 Å². The van der Waals surface area contributed by atoms with Gasteiger partial charge in [0.2, 0.25) is 0 Å². The van der Waals surface area contributed by atoms with Gasteiger partial charge in [-0.1, -0.05) is 31.0 Å². The van der Waals surface area contributed by atoms with Crippen LogP contribution in [0.1, 0.15) is 25.8 Å². The third-order valence-corrected chi connectivity index (χ3v) is 6.93. The molecule has 4 rings (SSSR count). The topological polar surface area (TPSA) is 34.2 Å². The fourth-order valence-corrected chi connectivity index (χ4v) is 4.93. The summed E-state index contributed by atoms with van der Waals surface area (Å²) in [5.74, 6) is 2.13. The van der Waals surface area contributed by atoms with Crippen LogP contribution in [0.4, 0.5) is 21.5 Å². The molecule has 1 heterocycles. The van der Waals surface area contributed by atoms with Gasteiger partial charge in [0.15, 0.2) is 11.5 Å². The van der Waals surface area contributed by atoms with E-state index in [9.17, 15) is 4.39 Å². The molecule has 186 valence electrons. The molecule has 1 saturated heterocycles. The molecule has 1 aliphatic rings. The van der Waals surface area contributed by atoms with Gasteiger partial charge in [0, 0.05) is 48.4 Å². The minimum Gasteiger partial charge on any atom is -0.493 e. The van der Waals surface area contributed by atoms with Gasteiger partial charge < -0.3 is 23.4 Å². The molecule has 3 aromatic carbocycles. The molecule has 35 heavy (non-hydrogen) atoms. The molecule has 1 fully saturated rings. The van der Waals surface area contributed by atoms with Crippen molar-refractivity contribution >= 4 is 29.0 Å². The molecule has 0 aromatic heterocycles. The van der Waals surface area contributed by atoms with E-state index in [0.29, 0.717) is 31.3 Å².